The molecule has 0 bridgehead atoms. The van der Waals surface area contributed by atoms with Gasteiger partial charge in [0.05, 0.1) is 15.7 Å². The number of nitrogens with zero attached hydrogens (tertiary/aromatic N) is 2. The number of rotatable bonds is 6. The van der Waals surface area contributed by atoms with Gasteiger partial charge in [-0.1, -0.05) is 29.3 Å². The standard InChI is InChI=1S/C16H22Cl2N2O.C4H4O4/c1-3-20(14-6-4-5-13(17)16(14)18)15(21)11-12-7-9-19(2)10-8-12;5-3(6)1-2-4(7)8/h4-6,12H,3,7-11H2,1-2H3;1-2H,(H,5,6)(H,7,8)/b;2-1+. The van der Waals surface area contributed by atoms with Crippen molar-refractivity contribution in [2.24, 2.45) is 5.92 Å². The van der Waals surface area contributed by atoms with Gasteiger partial charge < -0.3 is 20.0 Å². The number of amides is 1. The van der Waals surface area contributed by atoms with Gasteiger partial charge in [0.2, 0.25) is 5.91 Å². The third-order valence-corrected chi connectivity index (χ3v) is 5.32. The molecule has 0 spiro atoms. The number of hydrogen-bond acceptors (Lipinski definition) is 4. The number of carboxylic acid groups (broad SMARTS) is 2. The SMILES string of the molecule is CCN(C(=O)CC1CCN(C)CC1)c1cccc(Cl)c1Cl.O=C(O)/C=C/C(=O)O. The van der Waals surface area contributed by atoms with E-state index in [1.54, 1.807) is 11.0 Å². The molecule has 9 heteroatoms. The van der Waals surface area contributed by atoms with E-state index in [9.17, 15) is 14.4 Å². The number of benzene rings is 1. The lowest BCUT2D eigenvalue weighted by atomic mass is 9.93. The van der Waals surface area contributed by atoms with Gasteiger partial charge in [-0.25, -0.2) is 9.59 Å². The van der Waals surface area contributed by atoms with E-state index in [1.807, 2.05) is 19.1 Å². The highest BCUT2D eigenvalue weighted by Gasteiger charge is 2.24. The Balaban J connectivity index is 0.000000447. The minimum Gasteiger partial charge on any atom is -0.478 e. The third kappa shape index (κ3) is 8.85. The Morgan fingerprint density at radius 2 is 1.69 bits per heavy atom. The molecule has 1 aromatic carbocycles. The predicted octanol–water partition coefficient (Wildman–Crippen LogP) is 3.79. The Bertz CT molecular complexity index is 730. The molecule has 1 heterocycles. The van der Waals surface area contributed by atoms with E-state index in [0.29, 0.717) is 46.8 Å². The van der Waals surface area contributed by atoms with Gasteiger partial charge in [0.15, 0.2) is 0 Å². The summed E-state index contributed by atoms with van der Waals surface area (Å²) in [4.78, 5) is 35.8. The fourth-order valence-electron chi connectivity index (χ4n) is 2.95. The first kappa shape index (κ1) is 24.9. The molecule has 2 N–H and O–H groups in total. The number of carbonyl (C=O) groups excluding carboxylic acids is 1. The Labute approximate surface area is 180 Å². The fraction of sp³-hybridized carbons (Fsp3) is 0.450. The van der Waals surface area contributed by atoms with Crippen molar-refractivity contribution in [3.05, 3.63) is 40.4 Å². The van der Waals surface area contributed by atoms with Gasteiger partial charge in [-0.2, -0.15) is 0 Å². The monoisotopic (exact) mass is 444 g/mol. The first-order valence-electron chi connectivity index (χ1n) is 9.22. The molecule has 1 aromatic rings. The number of likely N-dealkylation sites (tertiary alicyclic amines) is 1. The summed E-state index contributed by atoms with van der Waals surface area (Å²) in [6.07, 6.45) is 3.88. The van der Waals surface area contributed by atoms with Crippen LogP contribution in [0.25, 0.3) is 0 Å². The minimum absolute atomic E-state index is 0.135. The third-order valence-electron chi connectivity index (χ3n) is 4.51. The Hall–Kier alpha value is -2.09. The van der Waals surface area contributed by atoms with Gasteiger partial charge in [-0.3, -0.25) is 4.79 Å². The lowest BCUT2D eigenvalue weighted by Gasteiger charge is -2.30. The van der Waals surface area contributed by atoms with E-state index in [-0.39, 0.29) is 5.91 Å². The second-order valence-electron chi connectivity index (χ2n) is 6.67. The maximum atomic E-state index is 12.6. The van der Waals surface area contributed by atoms with Crippen LogP contribution in [0, 0.1) is 5.92 Å². The Morgan fingerprint density at radius 3 is 2.17 bits per heavy atom. The lowest BCUT2D eigenvalue weighted by Crippen LogP contribution is -2.36. The molecule has 0 saturated carbocycles. The van der Waals surface area contributed by atoms with Gasteiger partial charge in [0, 0.05) is 25.1 Å². The highest BCUT2D eigenvalue weighted by atomic mass is 35.5. The molecular formula is C20H26Cl2N2O5. The summed E-state index contributed by atoms with van der Waals surface area (Å²) in [5.41, 5.74) is 0.713. The van der Waals surface area contributed by atoms with Crippen LogP contribution in [0.1, 0.15) is 26.2 Å². The quantitative estimate of drug-likeness (QED) is 0.647. The number of piperidine rings is 1. The van der Waals surface area contributed by atoms with Crippen LogP contribution < -0.4 is 4.90 Å². The zero-order valence-corrected chi connectivity index (χ0v) is 18.0. The van der Waals surface area contributed by atoms with E-state index in [4.69, 9.17) is 33.4 Å². The van der Waals surface area contributed by atoms with Crippen molar-refractivity contribution in [2.75, 3.05) is 31.6 Å². The van der Waals surface area contributed by atoms with Crippen LogP contribution in [0.4, 0.5) is 5.69 Å². The molecule has 0 unspecified atom stereocenters. The summed E-state index contributed by atoms with van der Waals surface area (Å²) < 4.78 is 0. The normalized spacial score (nSPS) is 14.9. The predicted molar refractivity (Wildman–Crippen MR) is 114 cm³/mol. The van der Waals surface area contributed by atoms with Crippen LogP contribution >= 0.6 is 23.2 Å². The van der Waals surface area contributed by atoms with Gasteiger partial charge in [0.25, 0.3) is 0 Å². The summed E-state index contributed by atoms with van der Waals surface area (Å²) >= 11 is 12.3. The number of carbonyl (C=O) groups is 3. The van der Waals surface area contributed by atoms with E-state index >= 15 is 0 Å². The largest absolute Gasteiger partial charge is 0.478 e. The van der Waals surface area contributed by atoms with Crippen LogP contribution in [0.3, 0.4) is 0 Å². The smallest absolute Gasteiger partial charge is 0.328 e. The Kier molecular flexibility index (Phi) is 10.7. The number of carboxylic acids is 2. The molecule has 160 valence electrons. The summed E-state index contributed by atoms with van der Waals surface area (Å²) in [7, 11) is 2.13. The van der Waals surface area contributed by atoms with E-state index < -0.39 is 11.9 Å². The molecule has 0 aromatic heterocycles. The van der Waals surface area contributed by atoms with Gasteiger partial charge in [-0.05, 0) is 58.0 Å². The van der Waals surface area contributed by atoms with Gasteiger partial charge in [0.1, 0.15) is 0 Å². The zero-order valence-electron chi connectivity index (χ0n) is 16.5. The van der Waals surface area contributed by atoms with Gasteiger partial charge in [-0.15, -0.1) is 0 Å². The number of halogens is 2. The summed E-state index contributed by atoms with van der Waals surface area (Å²) in [5, 5.41) is 16.6. The first-order valence-corrected chi connectivity index (χ1v) is 9.98. The van der Waals surface area contributed by atoms with Crippen molar-refractivity contribution in [1.82, 2.24) is 4.90 Å². The van der Waals surface area contributed by atoms with E-state index in [0.717, 1.165) is 25.9 Å². The number of anilines is 1. The summed E-state index contributed by atoms with van der Waals surface area (Å²) in [6, 6.07) is 5.42. The van der Waals surface area contributed by atoms with Crippen molar-refractivity contribution in [3.8, 4) is 0 Å². The molecule has 1 amide bonds. The maximum absolute atomic E-state index is 12.6. The first-order chi connectivity index (χ1) is 13.6. The molecule has 0 radical (unpaired) electrons. The van der Waals surface area contributed by atoms with E-state index in [1.165, 1.54) is 0 Å². The van der Waals surface area contributed by atoms with Crippen molar-refractivity contribution < 1.29 is 24.6 Å². The topological polar surface area (TPSA) is 98.2 Å². The molecule has 1 aliphatic heterocycles. The van der Waals surface area contributed by atoms with Crippen LogP contribution in [-0.4, -0.2) is 59.6 Å². The van der Waals surface area contributed by atoms with Crippen LogP contribution in [-0.2, 0) is 14.4 Å². The molecule has 1 fully saturated rings. The molecule has 0 atom stereocenters. The second-order valence-corrected chi connectivity index (χ2v) is 7.46. The fourth-order valence-corrected chi connectivity index (χ4v) is 3.35. The average molecular weight is 445 g/mol. The molecule has 2 rings (SSSR count). The lowest BCUT2D eigenvalue weighted by molar-refractivity contribution is -0.134. The summed E-state index contributed by atoms with van der Waals surface area (Å²) in [5.74, 6) is -1.91. The molecule has 1 saturated heterocycles. The van der Waals surface area contributed by atoms with Crippen molar-refractivity contribution in [3.63, 3.8) is 0 Å². The van der Waals surface area contributed by atoms with Crippen molar-refractivity contribution in [1.29, 1.82) is 0 Å². The minimum atomic E-state index is -1.26. The average Bonchev–Trinajstić information content (AvgIpc) is 2.66. The molecule has 0 aliphatic carbocycles. The van der Waals surface area contributed by atoms with Crippen molar-refractivity contribution in [2.45, 2.75) is 26.2 Å². The highest BCUT2D eigenvalue weighted by Crippen LogP contribution is 2.33. The van der Waals surface area contributed by atoms with Gasteiger partial charge >= 0.3 is 11.9 Å². The zero-order chi connectivity index (χ0) is 22.0. The highest BCUT2D eigenvalue weighted by molar-refractivity contribution is 6.44. The molecule has 29 heavy (non-hydrogen) atoms. The molecule has 7 nitrogen and oxygen atoms in total. The second kappa shape index (κ2) is 12.5. The van der Waals surface area contributed by atoms with Crippen LogP contribution in [0.15, 0.2) is 30.4 Å². The van der Waals surface area contributed by atoms with Crippen LogP contribution in [0.2, 0.25) is 10.0 Å². The number of aliphatic carboxylic acids is 2. The summed E-state index contributed by atoms with van der Waals surface area (Å²) in [6.45, 7) is 4.71. The van der Waals surface area contributed by atoms with Crippen LogP contribution in [0.5, 0.6) is 0 Å². The number of hydrogen-bond donors (Lipinski definition) is 2. The molecule has 1 aliphatic rings. The molecular weight excluding hydrogens is 419 g/mol. The van der Waals surface area contributed by atoms with E-state index in [2.05, 4.69) is 11.9 Å². The Morgan fingerprint density at radius 1 is 1.14 bits per heavy atom. The van der Waals surface area contributed by atoms with Crippen molar-refractivity contribution >= 4 is 46.7 Å². The maximum Gasteiger partial charge on any atom is 0.328 e.